The van der Waals surface area contributed by atoms with Crippen molar-refractivity contribution in [3.8, 4) is 0 Å². The lowest BCUT2D eigenvalue weighted by molar-refractivity contribution is -0.116. The molecule has 1 saturated carbocycles. The maximum absolute atomic E-state index is 14.2. The largest absolute Gasteiger partial charge is 0.311 e. The maximum Gasteiger partial charge on any atom is 0.226 e. The number of halogens is 3. The van der Waals surface area contributed by atoms with Gasteiger partial charge in [-0.15, -0.1) is 0 Å². The summed E-state index contributed by atoms with van der Waals surface area (Å²) in [6, 6.07) is 2.30. The number of carbonyl (C=O) groups is 1. The van der Waals surface area contributed by atoms with E-state index in [-0.39, 0.29) is 23.9 Å². The van der Waals surface area contributed by atoms with E-state index < -0.39 is 23.4 Å². The SMILES string of the molecule is O=C1C[C@@H](c2ccc(F)c(F)c2F)c2cnn(C3CCCC3)c2N1. The van der Waals surface area contributed by atoms with Crippen molar-refractivity contribution in [2.45, 2.75) is 44.1 Å². The van der Waals surface area contributed by atoms with Crippen molar-refractivity contribution >= 4 is 11.7 Å². The van der Waals surface area contributed by atoms with Crippen LogP contribution in [0.3, 0.4) is 0 Å². The van der Waals surface area contributed by atoms with Crippen LogP contribution in [0.4, 0.5) is 19.0 Å². The van der Waals surface area contributed by atoms with Crippen LogP contribution in [0, 0.1) is 17.5 Å². The number of anilines is 1. The third kappa shape index (κ3) is 2.30. The van der Waals surface area contributed by atoms with Crippen LogP contribution >= 0.6 is 0 Å². The molecule has 1 amide bonds. The van der Waals surface area contributed by atoms with Gasteiger partial charge in [-0.05, 0) is 24.5 Å². The van der Waals surface area contributed by atoms with Crippen LogP contribution < -0.4 is 5.32 Å². The Hall–Kier alpha value is -2.31. The monoisotopic (exact) mass is 335 g/mol. The van der Waals surface area contributed by atoms with E-state index in [9.17, 15) is 18.0 Å². The van der Waals surface area contributed by atoms with Gasteiger partial charge in [0, 0.05) is 17.9 Å². The number of aromatic nitrogens is 2. The highest BCUT2D eigenvalue weighted by Gasteiger charge is 2.34. The highest BCUT2D eigenvalue weighted by molar-refractivity contribution is 5.94. The molecule has 1 aromatic carbocycles. The van der Waals surface area contributed by atoms with Crippen LogP contribution in [0.1, 0.15) is 55.2 Å². The molecule has 4 rings (SSSR count). The first-order valence-electron chi connectivity index (χ1n) is 8.07. The van der Waals surface area contributed by atoms with Gasteiger partial charge < -0.3 is 5.32 Å². The smallest absolute Gasteiger partial charge is 0.226 e. The fraction of sp³-hybridized carbons (Fsp3) is 0.412. The molecule has 1 fully saturated rings. The van der Waals surface area contributed by atoms with Crippen LogP contribution in [-0.2, 0) is 4.79 Å². The lowest BCUT2D eigenvalue weighted by Crippen LogP contribution is -2.26. The second-order valence-electron chi connectivity index (χ2n) is 6.40. The second kappa shape index (κ2) is 5.65. The molecule has 0 bridgehead atoms. The summed E-state index contributed by atoms with van der Waals surface area (Å²) in [6.07, 6.45) is 5.75. The second-order valence-corrected chi connectivity index (χ2v) is 6.40. The van der Waals surface area contributed by atoms with Crippen molar-refractivity contribution in [2.75, 3.05) is 5.32 Å². The Morgan fingerprint density at radius 3 is 2.58 bits per heavy atom. The Bertz CT molecular complexity index is 812. The molecule has 7 heteroatoms. The van der Waals surface area contributed by atoms with E-state index in [1.165, 1.54) is 6.07 Å². The minimum absolute atomic E-state index is 0.0176. The van der Waals surface area contributed by atoms with Crippen molar-refractivity contribution in [1.29, 1.82) is 0 Å². The quantitative estimate of drug-likeness (QED) is 0.847. The van der Waals surface area contributed by atoms with Crippen LogP contribution in [0.5, 0.6) is 0 Å². The summed E-state index contributed by atoms with van der Waals surface area (Å²) in [6.45, 7) is 0. The number of amides is 1. The van der Waals surface area contributed by atoms with Crippen molar-refractivity contribution in [3.63, 3.8) is 0 Å². The van der Waals surface area contributed by atoms with Crippen molar-refractivity contribution in [2.24, 2.45) is 0 Å². The Balaban J connectivity index is 1.80. The molecule has 0 unspecified atom stereocenters. The fourth-order valence-electron chi connectivity index (χ4n) is 3.75. The number of nitrogens with zero attached hydrogens (tertiary/aromatic N) is 2. The van der Waals surface area contributed by atoms with Crippen LogP contribution in [0.2, 0.25) is 0 Å². The zero-order valence-corrected chi connectivity index (χ0v) is 12.9. The molecule has 0 saturated heterocycles. The third-order valence-electron chi connectivity index (χ3n) is 4.96. The zero-order valence-electron chi connectivity index (χ0n) is 12.9. The Kier molecular flexibility index (Phi) is 3.58. The van der Waals surface area contributed by atoms with E-state index in [4.69, 9.17) is 0 Å². The highest BCUT2D eigenvalue weighted by atomic mass is 19.2. The molecule has 2 aromatic rings. The summed E-state index contributed by atoms with van der Waals surface area (Å²) >= 11 is 0. The summed E-state index contributed by atoms with van der Waals surface area (Å²) in [5.41, 5.74) is 0.627. The molecule has 2 aliphatic rings. The molecular weight excluding hydrogens is 319 g/mol. The summed E-state index contributed by atoms with van der Waals surface area (Å²) in [7, 11) is 0. The van der Waals surface area contributed by atoms with Crippen molar-refractivity contribution in [3.05, 3.63) is 46.9 Å². The predicted molar refractivity (Wildman–Crippen MR) is 81.1 cm³/mol. The molecule has 4 nitrogen and oxygen atoms in total. The van der Waals surface area contributed by atoms with E-state index in [0.29, 0.717) is 11.4 Å². The standard InChI is InChI=1S/C17H16F3N3O/c18-13-6-5-10(15(19)16(13)20)11-7-14(24)22-17-12(11)8-21-23(17)9-3-1-2-4-9/h5-6,8-9,11H,1-4,7H2,(H,22,24)/t11-/m0/s1. The number of nitrogens with one attached hydrogen (secondary N) is 1. The topological polar surface area (TPSA) is 46.9 Å². The number of hydrogen-bond donors (Lipinski definition) is 1. The van der Waals surface area contributed by atoms with Gasteiger partial charge in [0.2, 0.25) is 5.91 Å². The van der Waals surface area contributed by atoms with Gasteiger partial charge in [-0.1, -0.05) is 18.9 Å². The molecule has 1 atom stereocenters. The average Bonchev–Trinajstić information content (AvgIpc) is 3.21. The van der Waals surface area contributed by atoms with E-state index in [0.717, 1.165) is 31.7 Å². The predicted octanol–water partition coefficient (Wildman–Crippen LogP) is 3.89. The van der Waals surface area contributed by atoms with Gasteiger partial charge in [0.1, 0.15) is 5.82 Å². The van der Waals surface area contributed by atoms with Gasteiger partial charge in [0.25, 0.3) is 0 Å². The Labute approximate surface area is 136 Å². The summed E-state index contributed by atoms with van der Waals surface area (Å²) < 4.78 is 42.8. The summed E-state index contributed by atoms with van der Waals surface area (Å²) in [5.74, 6) is -4.39. The first-order chi connectivity index (χ1) is 11.6. The van der Waals surface area contributed by atoms with Crippen molar-refractivity contribution < 1.29 is 18.0 Å². The highest BCUT2D eigenvalue weighted by Crippen LogP contribution is 2.41. The summed E-state index contributed by atoms with van der Waals surface area (Å²) in [5, 5.41) is 7.17. The molecule has 1 aromatic heterocycles. The van der Waals surface area contributed by atoms with Gasteiger partial charge in [-0.3, -0.25) is 4.79 Å². The number of hydrogen-bond acceptors (Lipinski definition) is 2. The Morgan fingerprint density at radius 1 is 1.08 bits per heavy atom. The average molecular weight is 335 g/mol. The third-order valence-corrected chi connectivity index (χ3v) is 4.96. The van der Waals surface area contributed by atoms with E-state index in [1.807, 2.05) is 0 Å². The molecule has 126 valence electrons. The van der Waals surface area contributed by atoms with Crippen LogP contribution in [0.15, 0.2) is 18.3 Å². The van der Waals surface area contributed by atoms with Gasteiger partial charge in [-0.25, -0.2) is 17.9 Å². The molecule has 1 aliphatic heterocycles. The minimum Gasteiger partial charge on any atom is -0.311 e. The number of rotatable bonds is 2. The van der Waals surface area contributed by atoms with Crippen LogP contribution in [-0.4, -0.2) is 15.7 Å². The van der Waals surface area contributed by atoms with Gasteiger partial charge in [0.05, 0.1) is 12.2 Å². The zero-order chi connectivity index (χ0) is 16.8. The first kappa shape index (κ1) is 15.2. The number of benzene rings is 1. The van der Waals surface area contributed by atoms with E-state index in [2.05, 4.69) is 10.4 Å². The number of fused-ring (bicyclic) bond motifs is 1. The summed E-state index contributed by atoms with van der Waals surface area (Å²) in [4.78, 5) is 12.1. The molecule has 0 radical (unpaired) electrons. The van der Waals surface area contributed by atoms with E-state index >= 15 is 0 Å². The van der Waals surface area contributed by atoms with Gasteiger partial charge >= 0.3 is 0 Å². The van der Waals surface area contributed by atoms with Gasteiger partial charge in [-0.2, -0.15) is 5.10 Å². The first-order valence-corrected chi connectivity index (χ1v) is 8.07. The van der Waals surface area contributed by atoms with Crippen LogP contribution in [0.25, 0.3) is 0 Å². The molecule has 1 N–H and O–H groups in total. The lowest BCUT2D eigenvalue weighted by Gasteiger charge is -2.25. The molecule has 2 heterocycles. The lowest BCUT2D eigenvalue weighted by atomic mass is 9.87. The maximum atomic E-state index is 14.2. The molecule has 1 aliphatic carbocycles. The normalized spacial score (nSPS) is 21.0. The van der Waals surface area contributed by atoms with Gasteiger partial charge in [0.15, 0.2) is 17.5 Å². The Morgan fingerprint density at radius 2 is 1.83 bits per heavy atom. The van der Waals surface area contributed by atoms with E-state index in [1.54, 1.807) is 10.9 Å². The molecule has 0 spiro atoms. The minimum atomic E-state index is -1.51. The number of carbonyl (C=O) groups excluding carboxylic acids is 1. The fourth-order valence-corrected chi connectivity index (χ4v) is 3.75. The van der Waals surface area contributed by atoms with Crippen molar-refractivity contribution in [1.82, 2.24) is 9.78 Å². The molecule has 24 heavy (non-hydrogen) atoms. The molecular formula is C17H16F3N3O.